The minimum absolute atomic E-state index is 0.0169. The van der Waals surface area contributed by atoms with Crippen molar-refractivity contribution in [3.05, 3.63) is 59.1 Å². The first-order valence-electron chi connectivity index (χ1n) is 13.4. The summed E-state index contributed by atoms with van der Waals surface area (Å²) in [7, 11) is 1.65. The topological polar surface area (TPSA) is 111 Å². The quantitative estimate of drug-likeness (QED) is 0.334. The fourth-order valence-corrected chi connectivity index (χ4v) is 6.89. The van der Waals surface area contributed by atoms with E-state index in [1.165, 1.54) is 11.8 Å². The van der Waals surface area contributed by atoms with Crippen LogP contribution in [0.3, 0.4) is 0 Å². The molecule has 0 radical (unpaired) electrons. The Bertz CT molecular complexity index is 1540. The average Bonchev–Trinajstić information content (AvgIpc) is 3.54. The van der Waals surface area contributed by atoms with Crippen molar-refractivity contribution >= 4 is 34.8 Å². The molecular weight excluding hydrogens is 548 g/mol. The number of halogens is 1. The summed E-state index contributed by atoms with van der Waals surface area (Å²) in [4.78, 5) is 17.6. The van der Waals surface area contributed by atoms with E-state index in [-0.39, 0.29) is 24.2 Å². The van der Waals surface area contributed by atoms with Crippen LogP contribution in [-0.2, 0) is 11.3 Å². The Morgan fingerprint density at radius 1 is 1.18 bits per heavy atom. The van der Waals surface area contributed by atoms with Crippen LogP contribution >= 0.6 is 23.4 Å². The van der Waals surface area contributed by atoms with Crippen LogP contribution in [0, 0.1) is 12.3 Å². The van der Waals surface area contributed by atoms with Gasteiger partial charge in [0.1, 0.15) is 16.5 Å². The van der Waals surface area contributed by atoms with E-state index in [0.29, 0.717) is 28.0 Å². The molecule has 0 aliphatic carbocycles. The van der Waals surface area contributed by atoms with Gasteiger partial charge in [-0.15, -0.1) is 0 Å². The standard InChI is InChI=1S/C29H33ClN6O3S/c1-17-28(34-22(15-37)26(32-17)35-12-9-29(10-13-35)16-39-18(2)25(29)31)40-23-8-11-36-14-21(33-27(36)24(23)30)19-4-6-20(38-3)7-5-19/h4-8,11,14,18,25,37H,9-10,12-13,15-16,31H2,1-3H3/t18-,25+/m0/s1. The second kappa shape index (κ2) is 10.8. The van der Waals surface area contributed by atoms with E-state index in [2.05, 4.69) is 11.8 Å². The molecule has 0 saturated carbocycles. The Morgan fingerprint density at radius 2 is 1.93 bits per heavy atom. The number of aromatic nitrogens is 4. The number of ether oxygens (including phenoxy) is 2. The van der Waals surface area contributed by atoms with Crippen LogP contribution in [0.4, 0.5) is 5.82 Å². The molecular formula is C29H33ClN6O3S. The molecule has 4 aromatic rings. The molecule has 2 fully saturated rings. The van der Waals surface area contributed by atoms with Gasteiger partial charge in [-0.25, -0.2) is 15.0 Å². The lowest BCUT2D eigenvalue weighted by molar-refractivity contribution is 0.0973. The van der Waals surface area contributed by atoms with Gasteiger partial charge < -0.3 is 29.6 Å². The maximum absolute atomic E-state index is 10.2. The zero-order valence-corrected chi connectivity index (χ0v) is 24.4. The molecule has 2 atom stereocenters. The lowest BCUT2D eigenvalue weighted by Gasteiger charge is -2.42. The molecule has 0 amide bonds. The predicted octanol–water partition coefficient (Wildman–Crippen LogP) is 4.74. The lowest BCUT2D eigenvalue weighted by Crippen LogP contribution is -2.51. The Kier molecular flexibility index (Phi) is 7.39. The van der Waals surface area contributed by atoms with Gasteiger partial charge in [-0.2, -0.15) is 0 Å². The van der Waals surface area contributed by atoms with Crippen molar-refractivity contribution in [1.82, 2.24) is 19.4 Å². The number of aliphatic hydroxyl groups is 1. The van der Waals surface area contributed by atoms with Crippen LogP contribution in [0.15, 0.2) is 52.6 Å². The van der Waals surface area contributed by atoms with Gasteiger partial charge in [0, 0.05) is 47.4 Å². The van der Waals surface area contributed by atoms with Crippen molar-refractivity contribution in [2.75, 3.05) is 31.7 Å². The van der Waals surface area contributed by atoms with Crippen molar-refractivity contribution in [2.45, 2.75) is 55.4 Å². The van der Waals surface area contributed by atoms with E-state index >= 15 is 0 Å². The number of rotatable bonds is 6. The van der Waals surface area contributed by atoms with E-state index in [4.69, 9.17) is 41.8 Å². The number of piperidine rings is 1. The van der Waals surface area contributed by atoms with E-state index in [0.717, 1.165) is 59.3 Å². The van der Waals surface area contributed by atoms with Crippen molar-refractivity contribution in [3.8, 4) is 17.0 Å². The number of pyridine rings is 1. The zero-order chi connectivity index (χ0) is 28.0. The van der Waals surface area contributed by atoms with Gasteiger partial charge in [0.05, 0.1) is 42.8 Å². The molecule has 2 aliphatic heterocycles. The van der Waals surface area contributed by atoms with Gasteiger partial charge >= 0.3 is 0 Å². The van der Waals surface area contributed by atoms with Crippen molar-refractivity contribution in [1.29, 1.82) is 0 Å². The Balaban J connectivity index is 1.23. The molecule has 210 valence electrons. The molecule has 0 unspecified atom stereocenters. The summed E-state index contributed by atoms with van der Waals surface area (Å²) in [6.07, 6.45) is 5.84. The van der Waals surface area contributed by atoms with Crippen LogP contribution in [0.25, 0.3) is 16.9 Å². The second-order valence-corrected chi connectivity index (χ2v) is 12.0. The fourth-order valence-electron chi connectivity index (χ4n) is 5.70. The number of anilines is 1. The van der Waals surface area contributed by atoms with Gasteiger partial charge in [0.15, 0.2) is 11.5 Å². The molecule has 5 heterocycles. The summed E-state index contributed by atoms with van der Waals surface area (Å²) in [6.45, 7) is 6.11. The SMILES string of the molecule is COc1ccc(-c2cn3ccc(Sc4nc(CO)c(N5CCC6(CC5)CO[C@@H](C)[C@H]6N)nc4C)c(Cl)c3n2)cc1. The molecule has 3 N–H and O–H groups in total. The van der Waals surface area contributed by atoms with Gasteiger partial charge in [-0.05, 0) is 57.0 Å². The number of benzene rings is 1. The summed E-state index contributed by atoms with van der Waals surface area (Å²) in [5.41, 5.74) is 10.3. The molecule has 1 spiro atoms. The smallest absolute Gasteiger partial charge is 0.157 e. The van der Waals surface area contributed by atoms with Gasteiger partial charge in [0.25, 0.3) is 0 Å². The number of methoxy groups -OCH3 is 1. The molecule has 0 bridgehead atoms. The van der Waals surface area contributed by atoms with Crippen molar-refractivity contribution in [2.24, 2.45) is 11.1 Å². The molecule has 11 heteroatoms. The van der Waals surface area contributed by atoms with Crippen molar-refractivity contribution in [3.63, 3.8) is 0 Å². The highest BCUT2D eigenvalue weighted by atomic mass is 35.5. The zero-order valence-electron chi connectivity index (χ0n) is 22.8. The maximum atomic E-state index is 10.2. The highest BCUT2D eigenvalue weighted by molar-refractivity contribution is 7.99. The summed E-state index contributed by atoms with van der Waals surface area (Å²) in [5, 5.41) is 11.5. The van der Waals surface area contributed by atoms with E-state index in [1.54, 1.807) is 7.11 Å². The van der Waals surface area contributed by atoms with E-state index < -0.39 is 0 Å². The molecule has 2 aliphatic rings. The van der Waals surface area contributed by atoms with E-state index in [9.17, 15) is 5.11 Å². The van der Waals surface area contributed by atoms with Crippen LogP contribution in [0.2, 0.25) is 5.02 Å². The molecule has 3 aromatic heterocycles. The van der Waals surface area contributed by atoms with Crippen LogP contribution in [-0.4, -0.2) is 63.4 Å². The third-order valence-corrected chi connectivity index (χ3v) is 9.88. The number of nitrogens with two attached hydrogens (primary N) is 1. The highest BCUT2D eigenvalue weighted by Crippen LogP contribution is 2.43. The molecule has 40 heavy (non-hydrogen) atoms. The summed E-state index contributed by atoms with van der Waals surface area (Å²) < 4.78 is 13.0. The highest BCUT2D eigenvalue weighted by Gasteiger charge is 2.47. The Labute approximate surface area is 242 Å². The first-order valence-corrected chi connectivity index (χ1v) is 14.6. The predicted molar refractivity (Wildman–Crippen MR) is 156 cm³/mol. The minimum Gasteiger partial charge on any atom is -0.497 e. The summed E-state index contributed by atoms with van der Waals surface area (Å²) in [5.74, 6) is 1.53. The number of hydrogen-bond donors (Lipinski definition) is 2. The Hall–Kier alpha value is -2.89. The second-order valence-electron chi connectivity index (χ2n) is 10.6. The third kappa shape index (κ3) is 4.81. The first kappa shape index (κ1) is 27.3. The fraction of sp³-hybridized carbons (Fsp3) is 0.414. The van der Waals surface area contributed by atoms with Gasteiger partial charge in [0.2, 0.25) is 0 Å². The molecule has 9 nitrogen and oxygen atoms in total. The first-order chi connectivity index (χ1) is 19.3. The monoisotopic (exact) mass is 580 g/mol. The average molecular weight is 581 g/mol. The maximum Gasteiger partial charge on any atom is 0.157 e. The van der Waals surface area contributed by atoms with Gasteiger partial charge in [-0.3, -0.25) is 0 Å². The molecule has 1 aromatic carbocycles. The van der Waals surface area contributed by atoms with Gasteiger partial charge in [-0.1, -0.05) is 23.4 Å². The van der Waals surface area contributed by atoms with Crippen LogP contribution in [0.5, 0.6) is 5.75 Å². The number of aliphatic hydroxyl groups excluding tert-OH is 1. The summed E-state index contributed by atoms with van der Waals surface area (Å²) in [6, 6.07) is 9.76. The minimum atomic E-state index is -0.199. The number of fused-ring (bicyclic) bond motifs is 1. The van der Waals surface area contributed by atoms with Crippen LogP contribution < -0.4 is 15.4 Å². The Morgan fingerprint density at radius 3 is 2.58 bits per heavy atom. The number of imidazole rings is 1. The number of hydrogen-bond acceptors (Lipinski definition) is 9. The number of aryl methyl sites for hydroxylation is 1. The summed E-state index contributed by atoms with van der Waals surface area (Å²) >= 11 is 8.28. The normalized spacial score (nSPS) is 20.5. The largest absolute Gasteiger partial charge is 0.497 e. The lowest BCUT2D eigenvalue weighted by atomic mass is 9.73. The number of nitrogens with zero attached hydrogens (tertiary/aromatic N) is 5. The molecule has 6 rings (SSSR count). The third-order valence-electron chi connectivity index (χ3n) is 8.26. The van der Waals surface area contributed by atoms with E-state index in [1.807, 2.05) is 54.0 Å². The molecule has 2 saturated heterocycles. The van der Waals surface area contributed by atoms with Crippen LogP contribution in [0.1, 0.15) is 31.2 Å². The van der Waals surface area contributed by atoms with Crippen molar-refractivity contribution < 1.29 is 14.6 Å².